The summed E-state index contributed by atoms with van der Waals surface area (Å²) in [5.74, 6) is 1.48. The zero-order valence-corrected chi connectivity index (χ0v) is 12.9. The minimum atomic E-state index is 0.379. The van der Waals surface area contributed by atoms with Crippen LogP contribution in [0.4, 0.5) is 0 Å². The zero-order valence-electron chi connectivity index (χ0n) is 12.0. The maximum atomic E-state index is 5.87. The number of rotatable bonds is 7. The van der Waals surface area contributed by atoms with Gasteiger partial charge < -0.3 is 15.2 Å². The molecule has 0 aliphatic rings. The third-order valence-electron chi connectivity index (χ3n) is 2.98. The molecule has 0 amide bonds. The predicted molar refractivity (Wildman–Crippen MR) is 88.9 cm³/mol. The highest BCUT2D eigenvalue weighted by atomic mass is 32.1. The van der Waals surface area contributed by atoms with E-state index in [9.17, 15) is 0 Å². The van der Waals surface area contributed by atoms with Crippen LogP contribution in [0, 0.1) is 0 Å². The molecule has 0 unspecified atom stereocenters. The second-order valence-corrected chi connectivity index (χ2v) is 5.05. The number of ether oxygens (including phenoxy) is 2. The normalized spacial score (nSPS) is 10.1. The molecule has 0 aromatic heterocycles. The summed E-state index contributed by atoms with van der Waals surface area (Å²) in [7, 11) is 0. The van der Waals surface area contributed by atoms with Gasteiger partial charge in [0.15, 0.2) is 11.5 Å². The molecule has 3 nitrogen and oxygen atoms in total. The molecule has 0 fully saturated rings. The molecule has 2 aromatic carbocycles. The van der Waals surface area contributed by atoms with Crippen molar-refractivity contribution in [2.75, 3.05) is 6.61 Å². The highest BCUT2D eigenvalue weighted by Gasteiger charge is 2.08. The Morgan fingerprint density at radius 3 is 2.29 bits per heavy atom. The third-order valence-corrected chi connectivity index (χ3v) is 3.20. The summed E-state index contributed by atoms with van der Waals surface area (Å²) in [6.45, 7) is 3.14. The molecule has 0 aliphatic heterocycles. The van der Waals surface area contributed by atoms with Gasteiger partial charge in [-0.2, -0.15) is 0 Å². The molecule has 2 rings (SSSR count). The van der Waals surface area contributed by atoms with E-state index in [4.69, 9.17) is 27.4 Å². The largest absolute Gasteiger partial charge is 0.490 e. The number of para-hydroxylation sites is 2. The fourth-order valence-corrected chi connectivity index (χ4v) is 2.14. The Morgan fingerprint density at radius 1 is 1.00 bits per heavy atom. The standard InChI is InChI=1S/C17H19NO2S/c1-2-11-19-15-9-5-6-10-16(15)20-12-13-7-3-4-8-14(13)17(18)21/h3-10H,2,11-12H2,1H3,(H2,18,21). The lowest BCUT2D eigenvalue weighted by molar-refractivity contribution is 0.262. The van der Waals surface area contributed by atoms with E-state index in [2.05, 4.69) is 6.92 Å². The second kappa shape index (κ2) is 7.64. The summed E-state index contributed by atoms with van der Waals surface area (Å²) in [6, 6.07) is 15.4. The van der Waals surface area contributed by atoms with Gasteiger partial charge in [0.2, 0.25) is 0 Å². The van der Waals surface area contributed by atoms with Crippen molar-refractivity contribution in [3.05, 3.63) is 59.7 Å². The van der Waals surface area contributed by atoms with Gasteiger partial charge in [-0.15, -0.1) is 0 Å². The van der Waals surface area contributed by atoms with Crippen molar-refractivity contribution < 1.29 is 9.47 Å². The van der Waals surface area contributed by atoms with Crippen molar-refractivity contribution in [1.29, 1.82) is 0 Å². The Hall–Kier alpha value is -2.07. The fourth-order valence-electron chi connectivity index (χ4n) is 1.94. The molecule has 0 saturated heterocycles. The van der Waals surface area contributed by atoms with Crippen LogP contribution in [0.25, 0.3) is 0 Å². The van der Waals surface area contributed by atoms with E-state index in [1.165, 1.54) is 0 Å². The van der Waals surface area contributed by atoms with Gasteiger partial charge in [-0.1, -0.05) is 55.5 Å². The number of benzene rings is 2. The van der Waals surface area contributed by atoms with E-state index in [0.29, 0.717) is 18.2 Å². The number of hydrogen-bond donors (Lipinski definition) is 1. The monoisotopic (exact) mass is 301 g/mol. The van der Waals surface area contributed by atoms with Crippen molar-refractivity contribution >= 4 is 17.2 Å². The molecule has 4 heteroatoms. The van der Waals surface area contributed by atoms with Crippen LogP contribution in [0.1, 0.15) is 24.5 Å². The van der Waals surface area contributed by atoms with E-state index in [0.717, 1.165) is 29.0 Å². The Bertz CT molecular complexity index is 613. The molecule has 0 bridgehead atoms. The van der Waals surface area contributed by atoms with Crippen LogP contribution in [-0.2, 0) is 6.61 Å². The topological polar surface area (TPSA) is 44.5 Å². The molecule has 0 radical (unpaired) electrons. The molecule has 0 spiro atoms. The summed E-state index contributed by atoms with van der Waals surface area (Å²) in [4.78, 5) is 0.379. The Kier molecular flexibility index (Phi) is 5.58. The first-order valence-corrected chi connectivity index (χ1v) is 7.35. The Balaban J connectivity index is 2.12. The maximum absolute atomic E-state index is 5.87. The third kappa shape index (κ3) is 4.20. The van der Waals surface area contributed by atoms with Gasteiger partial charge in [0, 0.05) is 5.56 Å². The first-order chi connectivity index (χ1) is 10.2. The van der Waals surface area contributed by atoms with Crippen molar-refractivity contribution in [2.45, 2.75) is 20.0 Å². The minimum absolute atomic E-state index is 0.379. The van der Waals surface area contributed by atoms with Crippen LogP contribution >= 0.6 is 12.2 Å². The Morgan fingerprint density at radius 2 is 1.62 bits per heavy atom. The molecule has 2 N–H and O–H groups in total. The number of hydrogen-bond acceptors (Lipinski definition) is 3. The summed E-state index contributed by atoms with van der Waals surface area (Å²) >= 11 is 5.06. The summed E-state index contributed by atoms with van der Waals surface area (Å²) < 4.78 is 11.5. The molecular formula is C17H19NO2S. The van der Waals surface area contributed by atoms with Gasteiger partial charge in [0.05, 0.1) is 6.61 Å². The second-order valence-electron chi connectivity index (χ2n) is 4.61. The molecule has 0 atom stereocenters. The lowest BCUT2D eigenvalue weighted by Crippen LogP contribution is -2.13. The maximum Gasteiger partial charge on any atom is 0.161 e. The highest BCUT2D eigenvalue weighted by Crippen LogP contribution is 2.27. The van der Waals surface area contributed by atoms with Crippen molar-refractivity contribution in [2.24, 2.45) is 5.73 Å². The average molecular weight is 301 g/mol. The minimum Gasteiger partial charge on any atom is -0.490 e. The Labute approximate surface area is 130 Å². The summed E-state index contributed by atoms with van der Waals surface area (Å²) in [5, 5.41) is 0. The van der Waals surface area contributed by atoms with Crippen LogP contribution in [0.5, 0.6) is 11.5 Å². The lowest BCUT2D eigenvalue weighted by atomic mass is 10.1. The molecule has 0 heterocycles. The van der Waals surface area contributed by atoms with Crippen molar-refractivity contribution in [1.82, 2.24) is 0 Å². The van der Waals surface area contributed by atoms with Crippen LogP contribution in [-0.4, -0.2) is 11.6 Å². The molecule has 21 heavy (non-hydrogen) atoms. The van der Waals surface area contributed by atoms with E-state index < -0.39 is 0 Å². The van der Waals surface area contributed by atoms with Gasteiger partial charge in [0.1, 0.15) is 11.6 Å². The van der Waals surface area contributed by atoms with Gasteiger partial charge in [0.25, 0.3) is 0 Å². The van der Waals surface area contributed by atoms with Crippen LogP contribution in [0.3, 0.4) is 0 Å². The highest BCUT2D eigenvalue weighted by molar-refractivity contribution is 7.80. The van der Waals surface area contributed by atoms with Gasteiger partial charge in [-0.05, 0) is 24.1 Å². The van der Waals surface area contributed by atoms with Gasteiger partial charge >= 0.3 is 0 Å². The van der Waals surface area contributed by atoms with E-state index in [-0.39, 0.29) is 0 Å². The first kappa shape index (κ1) is 15.3. The average Bonchev–Trinajstić information content (AvgIpc) is 2.52. The summed E-state index contributed by atoms with van der Waals surface area (Å²) in [5.41, 5.74) is 7.54. The van der Waals surface area contributed by atoms with E-state index >= 15 is 0 Å². The zero-order chi connectivity index (χ0) is 15.1. The van der Waals surface area contributed by atoms with Crippen molar-refractivity contribution in [3.63, 3.8) is 0 Å². The molecule has 2 aromatic rings. The van der Waals surface area contributed by atoms with E-state index in [1.54, 1.807) is 0 Å². The van der Waals surface area contributed by atoms with Crippen molar-refractivity contribution in [3.8, 4) is 11.5 Å². The van der Waals surface area contributed by atoms with Gasteiger partial charge in [-0.3, -0.25) is 0 Å². The van der Waals surface area contributed by atoms with Crippen LogP contribution < -0.4 is 15.2 Å². The SMILES string of the molecule is CCCOc1ccccc1OCc1ccccc1C(N)=S. The van der Waals surface area contributed by atoms with E-state index in [1.807, 2.05) is 48.5 Å². The van der Waals surface area contributed by atoms with Crippen LogP contribution in [0.15, 0.2) is 48.5 Å². The fraction of sp³-hybridized carbons (Fsp3) is 0.235. The molecule has 0 aliphatic carbocycles. The molecule has 110 valence electrons. The quantitative estimate of drug-likeness (QED) is 0.792. The molecule has 0 saturated carbocycles. The number of thiocarbonyl (C=S) groups is 1. The lowest BCUT2D eigenvalue weighted by Gasteiger charge is -2.13. The first-order valence-electron chi connectivity index (χ1n) is 6.94. The van der Waals surface area contributed by atoms with Gasteiger partial charge in [-0.25, -0.2) is 0 Å². The predicted octanol–water partition coefficient (Wildman–Crippen LogP) is 3.69. The number of nitrogens with two attached hydrogens (primary N) is 1. The molecular weight excluding hydrogens is 282 g/mol. The van der Waals surface area contributed by atoms with Crippen LogP contribution in [0.2, 0.25) is 0 Å². The smallest absolute Gasteiger partial charge is 0.161 e. The summed E-state index contributed by atoms with van der Waals surface area (Å²) in [6.07, 6.45) is 0.957.